The molecule has 8 heteroatoms. The van der Waals surface area contributed by atoms with Crippen LogP contribution in [0.4, 0.5) is 0 Å². The number of hydrogen-bond acceptors (Lipinski definition) is 6. The molecule has 18 heavy (non-hydrogen) atoms. The van der Waals surface area contributed by atoms with E-state index in [-0.39, 0.29) is 6.42 Å². The van der Waals surface area contributed by atoms with Gasteiger partial charge >= 0.3 is 5.97 Å². The maximum absolute atomic E-state index is 10.4. The van der Waals surface area contributed by atoms with Gasteiger partial charge in [0.05, 0.1) is 6.42 Å². The summed E-state index contributed by atoms with van der Waals surface area (Å²) in [5, 5.41) is 20.8. The molecule has 0 aliphatic carbocycles. The van der Waals surface area contributed by atoms with Gasteiger partial charge in [-0.3, -0.25) is 9.48 Å². The van der Waals surface area contributed by atoms with Gasteiger partial charge in [-0.25, -0.2) is 0 Å². The number of hydrogen-bond donors (Lipinski definition) is 1. The van der Waals surface area contributed by atoms with Gasteiger partial charge in [0.1, 0.15) is 5.69 Å². The minimum absolute atomic E-state index is 0.0623. The third-order valence-electron chi connectivity index (χ3n) is 2.13. The highest BCUT2D eigenvalue weighted by molar-refractivity contribution is 7.99. The lowest BCUT2D eigenvalue weighted by Gasteiger charge is -1.92. The first kappa shape index (κ1) is 12.6. The van der Waals surface area contributed by atoms with Crippen molar-refractivity contribution in [1.82, 2.24) is 20.0 Å². The second-order valence-electron chi connectivity index (χ2n) is 3.42. The highest BCUT2D eigenvalue weighted by Crippen LogP contribution is 2.22. The summed E-state index contributed by atoms with van der Waals surface area (Å²) in [6.45, 7) is 2.76. The number of thioether (sulfide) groups is 1. The van der Waals surface area contributed by atoms with E-state index < -0.39 is 5.97 Å². The molecule has 0 aromatic carbocycles. The Labute approximate surface area is 107 Å². The summed E-state index contributed by atoms with van der Waals surface area (Å²) in [6.07, 6.45) is 1.89. The zero-order chi connectivity index (χ0) is 13.0. The van der Waals surface area contributed by atoms with Crippen LogP contribution in [0.15, 0.2) is 21.9 Å². The Morgan fingerprint density at radius 2 is 2.39 bits per heavy atom. The Hall–Kier alpha value is -1.83. The van der Waals surface area contributed by atoms with E-state index in [4.69, 9.17) is 9.52 Å². The van der Waals surface area contributed by atoms with E-state index >= 15 is 0 Å². The lowest BCUT2D eigenvalue weighted by atomic mass is 10.4. The van der Waals surface area contributed by atoms with Crippen LogP contribution in [0.25, 0.3) is 11.6 Å². The number of carboxylic acids is 1. The molecule has 0 atom stereocenters. The van der Waals surface area contributed by atoms with Crippen molar-refractivity contribution < 1.29 is 14.3 Å². The van der Waals surface area contributed by atoms with Crippen LogP contribution in [0.1, 0.15) is 13.3 Å². The normalized spacial score (nSPS) is 10.7. The number of aromatic nitrogens is 4. The molecule has 0 spiro atoms. The highest BCUT2D eigenvalue weighted by Gasteiger charge is 2.11. The molecule has 1 N–H and O–H groups in total. The fraction of sp³-hybridized carbons (Fsp3) is 0.400. The van der Waals surface area contributed by atoms with Gasteiger partial charge < -0.3 is 9.52 Å². The van der Waals surface area contributed by atoms with E-state index in [0.717, 1.165) is 6.54 Å². The molecule has 7 nitrogen and oxygen atoms in total. The Bertz CT molecular complexity index is 537. The fourth-order valence-electron chi connectivity index (χ4n) is 1.25. The zero-order valence-corrected chi connectivity index (χ0v) is 10.6. The van der Waals surface area contributed by atoms with Gasteiger partial charge in [0.2, 0.25) is 0 Å². The van der Waals surface area contributed by atoms with Crippen LogP contribution in [0.2, 0.25) is 0 Å². The Morgan fingerprint density at radius 3 is 3.06 bits per heavy atom. The largest absolute Gasteiger partial charge is 0.481 e. The van der Waals surface area contributed by atoms with Crippen molar-refractivity contribution in [2.75, 3.05) is 5.75 Å². The van der Waals surface area contributed by atoms with E-state index in [9.17, 15) is 4.79 Å². The topological polar surface area (TPSA) is 94.0 Å². The number of aryl methyl sites for hydroxylation is 1. The molecule has 0 saturated carbocycles. The predicted octanol–water partition coefficient (Wildman–Crippen LogP) is 1.52. The van der Waals surface area contributed by atoms with Crippen molar-refractivity contribution in [2.24, 2.45) is 0 Å². The average Bonchev–Trinajstić information content (AvgIpc) is 2.95. The van der Waals surface area contributed by atoms with Crippen LogP contribution in [0.3, 0.4) is 0 Å². The van der Waals surface area contributed by atoms with Crippen molar-refractivity contribution in [2.45, 2.75) is 25.1 Å². The summed E-state index contributed by atoms with van der Waals surface area (Å²) in [7, 11) is 0. The van der Waals surface area contributed by atoms with E-state index in [2.05, 4.69) is 15.3 Å². The Balaban J connectivity index is 1.99. The van der Waals surface area contributed by atoms with Crippen molar-refractivity contribution in [3.05, 3.63) is 12.3 Å². The Morgan fingerprint density at radius 1 is 1.56 bits per heavy atom. The monoisotopic (exact) mass is 268 g/mol. The summed E-state index contributed by atoms with van der Waals surface area (Å²) in [5.74, 6) is -0.0932. The van der Waals surface area contributed by atoms with E-state index in [1.807, 2.05) is 13.1 Å². The molecule has 0 fully saturated rings. The second-order valence-corrected chi connectivity index (χ2v) is 4.47. The van der Waals surface area contributed by atoms with Gasteiger partial charge in [-0.15, -0.1) is 10.2 Å². The molecule has 96 valence electrons. The van der Waals surface area contributed by atoms with E-state index in [1.165, 1.54) is 11.8 Å². The van der Waals surface area contributed by atoms with Crippen LogP contribution in [-0.2, 0) is 11.3 Å². The van der Waals surface area contributed by atoms with Crippen LogP contribution in [0.5, 0.6) is 0 Å². The molecule has 0 saturated heterocycles. The van der Waals surface area contributed by atoms with Crippen molar-refractivity contribution in [1.29, 1.82) is 0 Å². The third kappa shape index (κ3) is 3.10. The minimum Gasteiger partial charge on any atom is -0.481 e. The van der Waals surface area contributed by atoms with E-state index in [1.54, 1.807) is 10.7 Å². The Kier molecular flexibility index (Phi) is 3.98. The third-order valence-corrected chi connectivity index (χ3v) is 2.95. The van der Waals surface area contributed by atoms with Crippen molar-refractivity contribution in [3.63, 3.8) is 0 Å². The van der Waals surface area contributed by atoms with Gasteiger partial charge in [0.25, 0.3) is 11.1 Å². The van der Waals surface area contributed by atoms with Gasteiger partial charge in [0, 0.05) is 18.5 Å². The highest BCUT2D eigenvalue weighted by atomic mass is 32.2. The molecule has 2 rings (SSSR count). The smallest absolute Gasteiger partial charge is 0.304 e. The summed E-state index contributed by atoms with van der Waals surface area (Å²) >= 11 is 1.22. The molecule has 0 aliphatic rings. The molecular weight excluding hydrogens is 256 g/mol. The first-order chi connectivity index (χ1) is 8.69. The number of nitrogens with zero attached hydrogens (tertiary/aromatic N) is 4. The summed E-state index contributed by atoms with van der Waals surface area (Å²) in [5.41, 5.74) is 0.620. The van der Waals surface area contributed by atoms with Crippen LogP contribution in [-0.4, -0.2) is 36.8 Å². The quantitative estimate of drug-likeness (QED) is 0.793. The van der Waals surface area contributed by atoms with Crippen LogP contribution >= 0.6 is 11.8 Å². The van der Waals surface area contributed by atoms with Crippen molar-refractivity contribution in [3.8, 4) is 11.6 Å². The molecule has 2 aromatic rings. The standard InChI is InChI=1S/C10H12N4O3S/c1-2-14-5-3-7(13-14)9-11-12-10(17-9)18-6-4-8(15)16/h3,5H,2,4,6H2,1H3,(H,15,16). The maximum Gasteiger partial charge on any atom is 0.304 e. The zero-order valence-electron chi connectivity index (χ0n) is 9.74. The van der Waals surface area contributed by atoms with E-state index in [0.29, 0.717) is 22.6 Å². The second kappa shape index (κ2) is 5.67. The molecule has 0 unspecified atom stereocenters. The first-order valence-corrected chi connectivity index (χ1v) is 6.39. The van der Waals surface area contributed by atoms with Gasteiger partial charge in [-0.2, -0.15) is 5.10 Å². The number of aliphatic carboxylic acids is 1. The summed E-state index contributed by atoms with van der Waals surface area (Å²) in [6, 6.07) is 1.79. The van der Waals surface area contributed by atoms with Gasteiger partial charge in [-0.05, 0) is 13.0 Å². The van der Waals surface area contributed by atoms with Crippen LogP contribution < -0.4 is 0 Å². The first-order valence-electron chi connectivity index (χ1n) is 5.41. The molecule has 0 aliphatic heterocycles. The molecule has 2 aromatic heterocycles. The van der Waals surface area contributed by atoms with Crippen LogP contribution in [0, 0.1) is 0 Å². The lowest BCUT2D eigenvalue weighted by Crippen LogP contribution is -1.95. The average molecular weight is 268 g/mol. The number of carbonyl (C=O) groups is 1. The van der Waals surface area contributed by atoms with Gasteiger partial charge in [0.15, 0.2) is 0 Å². The lowest BCUT2D eigenvalue weighted by molar-refractivity contribution is -0.136. The SMILES string of the molecule is CCn1ccc(-c2nnc(SCCC(=O)O)o2)n1. The summed E-state index contributed by atoms with van der Waals surface area (Å²) < 4.78 is 7.14. The fourth-order valence-corrected chi connectivity index (χ4v) is 1.94. The van der Waals surface area contributed by atoms with Crippen molar-refractivity contribution >= 4 is 17.7 Å². The van der Waals surface area contributed by atoms with Gasteiger partial charge in [-0.1, -0.05) is 11.8 Å². The molecular formula is C10H12N4O3S. The minimum atomic E-state index is -0.844. The number of rotatable bonds is 6. The summed E-state index contributed by atoms with van der Waals surface area (Å²) in [4.78, 5) is 10.4. The number of carboxylic acid groups (broad SMARTS) is 1. The molecule has 0 bridgehead atoms. The molecule has 2 heterocycles. The molecule has 0 radical (unpaired) electrons. The predicted molar refractivity (Wildman–Crippen MR) is 64.2 cm³/mol. The molecule has 0 amide bonds. The maximum atomic E-state index is 10.4.